The van der Waals surface area contributed by atoms with E-state index in [2.05, 4.69) is 0 Å². The zero-order valence-corrected chi connectivity index (χ0v) is 7.19. The summed E-state index contributed by atoms with van der Waals surface area (Å²) < 4.78 is 0. The summed E-state index contributed by atoms with van der Waals surface area (Å²) in [5.41, 5.74) is 5.21. The van der Waals surface area contributed by atoms with Gasteiger partial charge in [-0.25, -0.2) is 0 Å². The highest BCUT2D eigenvalue weighted by atomic mass is 16.3. The molecule has 0 aliphatic carbocycles. The van der Waals surface area contributed by atoms with Crippen molar-refractivity contribution in [3.8, 4) is 0 Å². The van der Waals surface area contributed by atoms with Gasteiger partial charge in [0.05, 0.1) is 19.3 Å². The molecule has 0 heterocycles. The van der Waals surface area contributed by atoms with Crippen LogP contribution < -0.4 is 5.73 Å². The largest absolute Gasteiger partial charge is 0.395 e. The van der Waals surface area contributed by atoms with Crippen molar-refractivity contribution in [1.29, 1.82) is 0 Å². The molecule has 0 aliphatic rings. The Bertz CT molecular complexity index is 96.7. The van der Waals surface area contributed by atoms with Gasteiger partial charge in [0, 0.05) is 26.2 Å². The minimum absolute atomic E-state index is 0.0251. The number of rotatable bonds is 7. The van der Waals surface area contributed by atoms with E-state index in [1.165, 1.54) is 0 Å². The van der Waals surface area contributed by atoms with Gasteiger partial charge in [0.15, 0.2) is 0 Å². The predicted octanol–water partition coefficient (Wildman–Crippen LogP) is -2.41. The molecule has 0 fully saturated rings. The number of nitrogens with zero attached hydrogens (tertiary/aromatic N) is 1. The lowest BCUT2D eigenvalue weighted by Gasteiger charge is -2.22. The van der Waals surface area contributed by atoms with E-state index in [0.717, 1.165) is 0 Å². The predicted molar refractivity (Wildman–Crippen MR) is 45.7 cm³/mol. The quantitative estimate of drug-likeness (QED) is 0.349. The van der Waals surface area contributed by atoms with Crippen molar-refractivity contribution in [3.05, 3.63) is 0 Å². The van der Waals surface area contributed by atoms with Crippen molar-refractivity contribution < 1.29 is 15.3 Å². The normalized spacial score (nSPS) is 13.8. The summed E-state index contributed by atoms with van der Waals surface area (Å²) in [5.74, 6) is 0. The van der Waals surface area contributed by atoms with Crippen LogP contribution in [0, 0.1) is 0 Å². The van der Waals surface area contributed by atoms with Crippen LogP contribution in [0.5, 0.6) is 0 Å². The first-order valence-corrected chi connectivity index (χ1v) is 4.06. The Morgan fingerprint density at radius 2 is 1.67 bits per heavy atom. The zero-order valence-electron chi connectivity index (χ0n) is 7.19. The molecule has 5 N–H and O–H groups in total. The van der Waals surface area contributed by atoms with Crippen LogP contribution in [0.2, 0.25) is 0 Å². The van der Waals surface area contributed by atoms with Crippen molar-refractivity contribution in [2.24, 2.45) is 5.73 Å². The van der Waals surface area contributed by atoms with Gasteiger partial charge in [-0.3, -0.25) is 4.90 Å². The van der Waals surface area contributed by atoms with Crippen LogP contribution in [0.3, 0.4) is 0 Å². The van der Waals surface area contributed by atoms with Crippen LogP contribution >= 0.6 is 0 Å². The fourth-order valence-electron chi connectivity index (χ4n) is 0.950. The van der Waals surface area contributed by atoms with E-state index in [4.69, 9.17) is 21.1 Å². The topological polar surface area (TPSA) is 90.0 Å². The summed E-state index contributed by atoms with van der Waals surface area (Å²) >= 11 is 0. The first-order valence-electron chi connectivity index (χ1n) is 4.06. The maximum atomic E-state index is 9.15. The van der Waals surface area contributed by atoms with Crippen LogP contribution in [-0.2, 0) is 0 Å². The van der Waals surface area contributed by atoms with Crippen LogP contribution in [0.1, 0.15) is 0 Å². The Morgan fingerprint density at radius 1 is 1.17 bits per heavy atom. The van der Waals surface area contributed by atoms with Gasteiger partial charge in [-0.1, -0.05) is 0 Å². The van der Waals surface area contributed by atoms with Gasteiger partial charge in [-0.15, -0.1) is 0 Å². The third kappa shape index (κ3) is 5.45. The maximum absolute atomic E-state index is 9.15. The monoisotopic (exact) mass is 178 g/mol. The Morgan fingerprint density at radius 3 is 2.00 bits per heavy atom. The second-order valence-corrected chi connectivity index (χ2v) is 2.64. The molecule has 1 atom stereocenters. The number of hydrogen-bond acceptors (Lipinski definition) is 5. The van der Waals surface area contributed by atoms with E-state index in [-0.39, 0.29) is 19.8 Å². The lowest BCUT2D eigenvalue weighted by molar-refractivity contribution is 0.0918. The van der Waals surface area contributed by atoms with Crippen molar-refractivity contribution >= 4 is 0 Å². The first-order chi connectivity index (χ1) is 5.74. The van der Waals surface area contributed by atoms with Crippen LogP contribution in [-0.4, -0.2) is 65.7 Å². The fraction of sp³-hybridized carbons (Fsp3) is 1.00. The maximum Gasteiger partial charge on any atom is 0.0789 e. The molecular weight excluding hydrogens is 160 g/mol. The molecule has 0 rings (SSSR count). The summed E-state index contributed by atoms with van der Waals surface area (Å²) in [5, 5.41) is 26.4. The average molecular weight is 178 g/mol. The van der Waals surface area contributed by atoms with Gasteiger partial charge in [0.25, 0.3) is 0 Å². The molecule has 74 valence electrons. The number of hydrogen-bond donors (Lipinski definition) is 4. The van der Waals surface area contributed by atoms with Crippen LogP contribution in [0.4, 0.5) is 0 Å². The van der Waals surface area contributed by atoms with Gasteiger partial charge >= 0.3 is 0 Å². The summed E-state index contributed by atoms with van der Waals surface area (Å²) in [6, 6.07) is 0. The molecule has 1 unspecified atom stereocenters. The Labute approximate surface area is 72.4 Å². The molecule has 0 radical (unpaired) electrons. The van der Waals surface area contributed by atoms with E-state index in [9.17, 15) is 0 Å². The second-order valence-electron chi connectivity index (χ2n) is 2.64. The van der Waals surface area contributed by atoms with Crippen molar-refractivity contribution in [2.45, 2.75) is 6.10 Å². The third-order valence-corrected chi connectivity index (χ3v) is 1.57. The summed E-state index contributed by atoms with van der Waals surface area (Å²) in [4.78, 5) is 1.76. The molecule has 5 nitrogen and oxygen atoms in total. The minimum atomic E-state index is -0.580. The fourth-order valence-corrected chi connectivity index (χ4v) is 0.950. The van der Waals surface area contributed by atoms with E-state index in [0.29, 0.717) is 19.6 Å². The van der Waals surface area contributed by atoms with E-state index in [1.54, 1.807) is 4.90 Å². The minimum Gasteiger partial charge on any atom is -0.395 e. The first kappa shape index (κ1) is 11.8. The molecule has 5 heteroatoms. The molecule has 0 aromatic carbocycles. The molecule has 0 aromatic heterocycles. The van der Waals surface area contributed by atoms with Gasteiger partial charge in [-0.2, -0.15) is 0 Å². The summed E-state index contributed by atoms with van der Waals surface area (Å²) in [6.07, 6.45) is -0.580. The Kier molecular flexibility index (Phi) is 7.33. The van der Waals surface area contributed by atoms with Gasteiger partial charge in [0.2, 0.25) is 0 Å². The van der Waals surface area contributed by atoms with Gasteiger partial charge in [0.1, 0.15) is 0 Å². The Balaban J connectivity index is 3.61. The van der Waals surface area contributed by atoms with Gasteiger partial charge < -0.3 is 21.1 Å². The molecule has 12 heavy (non-hydrogen) atoms. The summed E-state index contributed by atoms with van der Waals surface area (Å²) in [6.45, 7) is 1.56. The highest BCUT2D eigenvalue weighted by Gasteiger charge is 2.08. The second kappa shape index (κ2) is 7.45. The molecule has 0 amide bonds. The van der Waals surface area contributed by atoms with Crippen LogP contribution in [0.25, 0.3) is 0 Å². The molecular formula is C7H18N2O3. The van der Waals surface area contributed by atoms with E-state index in [1.807, 2.05) is 0 Å². The molecule has 0 bridgehead atoms. The highest BCUT2D eigenvalue weighted by molar-refractivity contribution is 4.64. The highest BCUT2D eigenvalue weighted by Crippen LogP contribution is 1.90. The van der Waals surface area contributed by atoms with Crippen molar-refractivity contribution in [2.75, 3.05) is 39.4 Å². The molecule has 0 spiro atoms. The van der Waals surface area contributed by atoms with Crippen molar-refractivity contribution in [1.82, 2.24) is 4.90 Å². The SMILES string of the molecule is NCC(O)CN(CCO)CCO. The average Bonchev–Trinajstić information content (AvgIpc) is 2.05. The van der Waals surface area contributed by atoms with Crippen LogP contribution in [0.15, 0.2) is 0 Å². The lowest BCUT2D eigenvalue weighted by Crippen LogP contribution is -2.39. The smallest absolute Gasteiger partial charge is 0.0789 e. The van der Waals surface area contributed by atoms with Gasteiger partial charge in [-0.05, 0) is 0 Å². The number of aliphatic hydroxyl groups is 3. The molecule has 0 aliphatic heterocycles. The zero-order chi connectivity index (χ0) is 9.40. The number of aliphatic hydroxyl groups excluding tert-OH is 3. The molecule has 0 aromatic rings. The van der Waals surface area contributed by atoms with E-state index < -0.39 is 6.10 Å². The third-order valence-electron chi connectivity index (χ3n) is 1.57. The number of nitrogens with two attached hydrogens (primary N) is 1. The standard InChI is InChI=1S/C7H18N2O3/c8-5-7(12)6-9(1-3-10)2-4-11/h7,10-12H,1-6,8H2. The lowest BCUT2D eigenvalue weighted by atomic mass is 10.3. The molecule has 0 saturated carbocycles. The Hall–Kier alpha value is -0.200. The van der Waals surface area contributed by atoms with Crippen molar-refractivity contribution in [3.63, 3.8) is 0 Å². The summed E-state index contributed by atoms with van der Waals surface area (Å²) in [7, 11) is 0. The van der Waals surface area contributed by atoms with E-state index >= 15 is 0 Å². The molecule has 0 saturated heterocycles.